The topological polar surface area (TPSA) is 32.3 Å². The summed E-state index contributed by atoms with van der Waals surface area (Å²) in [6.45, 7) is 3.34. The normalized spacial score (nSPS) is 11.5. The molecule has 1 amide bonds. The van der Waals surface area contributed by atoms with Crippen molar-refractivity contribution in [3.05, 3.63) is 10.6 Å². The van der Waals surface area contributed by atoms with Crippen LogP contribution in [0.15, 0.2) is 10.6 Å². The second-order valence-corrected chi connectivity index (χ2v) is 3.27. The summed E-state index contributed by atoms with van der Waals surface area (Å²) in [5, 5.41) is 3.37. The smallest absolute Gasteiger partial charge is 0.236 e. The zero-order valence-corrected chi connectivity index (χ0v) is 9.32. The molecule has 0 aliphatic heterocycles. The van der Waals surface area contributed by atoms with Gasteiger partial charge in [-0.15, -0.1) is 0 Å². The maximum atomic E-state index is 11.2. The Morgan fingerprint density at radius 1 is 1.54 bits per heavy atom. The molecule has 0 atom stereocenters. The van der Waals surface area contributed by atoms with Crippen LogP contribution in [0.3, 0.4) is 0 Å². The fraction of sp³-hybridized carbons (Fsp3) is 0.625. The van der Waals surface area contributed by atoms with E-state index in [0.29, 0.717) is 18.1 Å². The van der Waals surface area contributed by atoms with E-state index in [1.54, 1.807) is 11.9 Å². The highest BCUT2D eigenvalue weighted by molar-refractivity contribution is 6.36. The first-order valence-electron chi connectivity index (χ1n) is 4.01. The standard InChI is InChI=1S/C8H14Cl2N2O/c1-3-12(2)8(13)6-11-5-7(10)4-9/h4,11H,3,5-6H2,1-2H3. The summed E-state index contributed by atoms with van der Waals surface area (Å²) < 4.78 is 0. The molecule has 76 valence electrons. The number of carbonyl (C=O) groups excluding carboxylic acids is 1. The zero-order chi connectivity index (χ0) is 10.3. The highest BCUT2D eigenvalue weighted by Crippen LogP contribution is 1.99. The van der Waals surface area contributed by atoms with Crippen LogP contribution < -0.4 is 5.32 Å². The fourth-order valence-electron chi connectivity index (χ4n) is 0.639. The number of halogens is 2. The Kier molecular flexibility index (Phi) is 7.04. The SMILES string of the molecule is CCN(C)C(=O)CNCC(Cl)=CCl. The number of likely N-dealkylation sites (N-methyl/N-ethyl adjacent to an activating group) is 1. The number of nitrogens with zero attached hydrogens (tertiary/aromatic N) is 1. The van der Waals surface area contributed by atoms with Gasteiger partial charge in [0.1, 0.15) is 0 Å². The Bertz CT molecular complexity index is 195. The van der Waals surface area contributed by atoms with Crippen molar-refractivity contribution >= 4 is 29.1 Å². The first kappa shape index (κ1) is 12.8. The molecule has 0 aliphatic rings. The molecule has 0 aromatic carbocycles. The summed E-state index contributed by atoms with van der Waals surface area (Å²) in [6.07, 6.45) is 0. The molecule has 0 heterocycles. The van der Waals surface area contributed by atoms with E-state index < -0.39 is 0 Å². The van der Waals surface area contributed by atoms with Gasteiger partial charge in [-0.2, -0.15) is 0 Å². The molecule has 0 saturated carbocycles. The Hall–Kier alpha value is -0.250. The average Bonchev–Trinajstić information content (AvgIpc) is 2.15. The van der Waals surface area contributed by atoms with Crippen LogP contribution in [0.2, 0.25) is 0 Å². The minimum Gasteiger partial charge on any atom is -0.345 e. The lowest BCUT2D eigenvalue weighted by atomic mass is 10.5. The molecule has 0 unspecified atom stereocenters. The maximum absolute atomic E-state index is 11.2. The van der Waals surface area contributed by atoms with Gasteiger partial charge in [0.05, 0.1) is 6.54 Å². The van der Waals surface area contributed by atoms with Crippen LogP contribution >= 0.6 is 23.2 Å². The van der Waals surface area contributed by atoms with Crippen molar-refractivity contribution in [3.63, 3.8) is 0 Å². The van der Waals surface area contributed by atoms with Crippen molar-refractivity contribution in [1.82, 2.24) is 10.2 Å². The van der Waals surface area contributed by atoms with E-state index in [2.05, 4.69) is 5.32 Å². The van der Waals surface area contributed by atoms with Crippen LogP contribution in [-0.2, 0) is 4.79 Å². The van der Waals surface area contributed by atoms with Crippen LogP contribution in [0.5, 0.6) is 0 Å². The Balaban J connectivity index is 3.59. The summed E-state index contributed by atoms with van der Waals surface area (Å²) in [7, 11) is 1.75. The van der Waals surface area contributed by atoms with Crippen molar-refractivity contribution in [2.75, 3.05) is 26.7 Å². The van der Waals surface area contributed by atoms with Gasteiger partial charge < -0.3 is 10.2 Å². The summed E-state index contributed by atoms with van der Waals surface area (Å²) in [5.41, 5.74) is 1.28. The van der Waals surface area contributed by atoms with E-state index >= 15 is 0 Å². The number of nitrogens with one attached hydrogen (secondary N) is 1. The van der Waals surface area contributed by atoms with Gasteiger partial charge in [0.2, 0.25) is 5.91 Å². The van der Waals surface area contributed by atoms with Crippen molar-refractivity contribution in [2.24, 2.45) is 0 Å². The van der Waals surface area contributed by atoms with Gasteiger partial charge in [0.15, 0.2) is 0 Å². The van der Waals surface area contributed by atoms with Crippen molar-refractivity contribution in [2.45, 2.75) is 6.92 Å². The number of hydrogen-bond acceptors (Lipinski definition) is 2. The molecule has 0 rings (SSSR count). The summed E-state index contributed by atoms with van der Waals surface area (Å²) in [6, 6.07) is 0. The fourth-order valence-corrected chi connectivity index (χ4v) is 0.810. The molecule has 0 fully saturated rings. The van der Waals surface area contributed by atoms with Gasteiger partial charge >= 0.3 is 0 Å². The van der Waals surface area contributed by atoms with Crippen LogP contribution in [0, 0.1) is 0 Å². The second kappa shape index (κ2) is 7.18. The molecular formula is C8H14Cl2N2O. The summed E-state index contributed by atoms with van der Waals surface area (Å²) in [4.78, 5) is 12.8. The highest BCUT2D eigenvalue weighted by Gasteiger charge is 2.04. The monoisotopic (exact) mass is 224 g/mol. The molecule has 0 saturated heterocycles. The van der Waals surface area contributed by atoms with Crippen molar-refractivity contribution in [3.8, 4) is 0 Å². The van der Waals surface area contributed by atoms with Gasteiger partial charge in [-0.3, -0.25) is 4.79 Å². The molecular weight excluding hydrogens is 211 g/mol. The molecule has 3 nitrogen and oxygen atoms in total. The molecule has 5 heteroatoms. The number of amides is 1. The third-order valence-electron chi connectivity index (χ3n) is 1.59. The van der Waals surface area contributed by atoms with E-state index in [0.717, 1.165) is 0 Å². The lowest BCUT2D eigenvalue weighted by Gasteiger charge is -2.14. The maximum Gasteiger partial charge on any atom is 0.236 e. The van der Waals surface area contributed by atoms with Gasteiger partial charge in [0, 0.05) is 30.7 Å². The minimum absolute atomic E-state index is 0.0431. The molecule has 0 radical (unpaired) electrons. The van der Waals surface area contributed by atoms with Crippen molar-refractivity contribution < 1.29 is 4.79 Å². The number of hydrogen-bond donors (Lipinski definition) is 1. The molecule has 13 heavy (non-hydrogen) atoms. The zero-order valence-electron chi connectivity index (χ0n) is 7.81. The average molecular weight is 225 g/mol. The quantitative estimate of drug-likeness (QED) is 0.766. The molecule has 0 aliphatic carbocycles. The van der Waals surface area contributed by atoms with E-state index in [9.17, 15) is 4.79 Å². The van der Waals surface area contributed by atoms with Crippen LogP contribution in [0.1, 0.15) is 6.92 Å². The summed E-state index contributed by atoms with van der Waals surface area (Å²) >= 11 is 10.9. The van der Waals surface area contributed by atoms with Gasteiger partial charge in [-0.25, -0.2) is 0 Å². The van der Waals surface area contributed by atoms with Crippen LogP contribution in [0.25, 0.3) is 0 Å². The molecule has 0 aromatic heterocycles. The number of rotatable bonds is 5. The highest BCUT2D eigenvalue weighted by atomic mass is 35.5. The Morgan fingerprint density at radius 2 is 2.15 bits per heavy atom. The summed E-state index contributed by atoms with van der Waals surface area (Å²) in [5.74, 6) is 0.0431. The Morgan fingerprint density at radius 3 is 2.62 bits per heavy atom. The van der Waals surface area contributed by atoms with Crippen LogP contribution in [0.4, 0.5) is 0 Å². The largest absolute Gasteiger partial charge is 0.345 e. The lowest BCUT2D eigenvalue weighted by molar-refractivity contribution is -0.128. The molecule has 0 spiro atoms. The van der Waals surface area contributed by atoms with E-state index in [-0.39, 0.29) is 12.5 Å². The second-order valence-electron chi connectivity index (χ2n) is 2.57. The predicted octanol–water partition coefficient (Wildman–Crippen LogP) is 1.37. The molecule has 0 aromatic rings. The Labute approximate surface area is 88.7 Å². The predicted molar refractivity (Wildman–Crippen MR) is 56.0 cm³/mol. The van der Waals surface area contributed by atoms with E-state index in [1.165, 1.54) is 5.54 Å². The first-order chi connectivity index (χ1) is 6.11. The first-order valence-corrected chi connectivity index (χ1v) is 4.82. The third kappa shape index (κ3) is 5.91. The van der Waals surface area contributed by atoms with Gasteiger partial charge in [-0.05, 0) is 6.92 Å². The number of carbonyl (C=O) groups is 1. The minimum atomic E-state index is 0.0431. The van der Waals surface area contributed by atoms with E-state index in [4.69, 9.17) is 23.2 Å². The van der Waals surface area contributed by atoms with Crippen LogP contribution in [-0.4, -0.2) is 37.5 Å². The molecule has 1 N–H and O–H groups in total. The van der Waals surface area contributed by atoms with E-state index in [1.807, 2.05) is 6.92 Å². The third-order valence-corrected chi connectivity index (χ3v) is 2.21. The van der Waals surface area contributed by atoms with Gasteiger partial charge in [0.25, 0.3) is 0 Å². The molecule has 0 bridgehead atoms. The lowest BCUT2D eigenvalue weighted by Crippen LogP contribution is -2.35. The van der Waals surface area contributed by atoms with Crippen molar-refractivity contribution in [1.29, 1.82) is 0 Å². The van der Waals surface area contributed by atoms with Gasteiger partial charge in [-0.1, -0.05) is 23.2 Å².